The zero-order chi connectivity index (χ0) is 17.2. The molecule has 0 aliphatic rings. The Morgan fingerprint density at radius 3 is 2.29 bits per heavy atom. The minimum atomic E-state index is 0.681. The molecule has 0 radical (unpaired) electrons. The highest BCUT2D eigenvalue weighted by Crippen LogP contribution is 2.16. The zero-order valence-corrected chi connectivity index (χ0v) is 15.9. The molecule has 0 aromatic heterocycles. The first-order valence-corrected chi connectivity index (χ1v) is 9.58. The van der Waals surface area contributed by atoms with E-state index < -0.39 is 0 Å². The molecule has 2 rings (SSSR count). The zero-order valence-electron chi connectivity index (χ0n) is 14.2. The lowest BCUT2D eigenvalue weighted by molar-refractivity contribution is 0.239. The number of hydrogen-bond acceptors (Lipinski definition) is 6. The van der Waals surface area contributed by atoms with Crippen LogP contribution in [-0.4, -0.2) is 37.9 Å². The highest BCUT2D eigenvalue weighted by Gasteiger charge is 2.01. The van der Waals surface area contributed by atoms with Gasteiger partial charge in [-0.2, -0.15) is 0 Å². The summed E-state index contributed by atoms with van der Waals surface area (Å²) in [6.45, 7) is 2.60. The van der Waals surface area contributed by atoms with E-state index in [0.29, 0.717) is 6.61 Å². The van der Waals surface area contributed by atoms with E-state index >= 15 is 0 Å². The van der Waals surface area contributed by atoms with Crippen molar-refractivity contribution in [1.82, 2.24) is 4.90 Å². The third-order valence-electron chi connectivity index (χ3n) is 3.68. The van der Waals surface area contributed by atoms with E-state index in [0.717, 1.165) is 36.6 Å². The summed E-state index contributed by atoms with van der Waals surface area (Å²) >= 11 is 5.62. The van der Waals surface area contributed by atoms with E-state index in [1.807, 2.05) is 30.5 Å². The molecular weight excluding hydrogens is 338 g/mol. The number of rotatable bonds is 10. The maximum atomic E-state index is 5.77. The molecule has 0 unspecified atom stereocenters. The monoisotopic (exact) mass is 363 g/mol. The molecule has 2 aromatic carbocycles. The largest absolute Gasteiger partial charge is 0.492 e. The van der Waals surface area contributed by atoms with Crippen LogP contribution >= 0.6 is 24.8 Å². The number of benzene rings is 2. The average Bonchev–Trinajstić information content (AvgIpc) is 2.62. The Kier molecular flexibility index (Phi) is 8.15. The molecule has 2 N–H and O–H groups in total. The van der Waals surface area contributed by atoms with Crippen LogP contribution in [-0.2, 0) is 6.42 Å². The summed E-state index contributed by atoms with van der Waals surface area (Å²) in [5.41, 5.74) is 3.46. The van der Waals surface area contributed by atoms with Crippen molar-refractivity contribution in [2.45, 2.75) is 6.42 Å². The molecule has 0 bridgehead atoms. The summed E-state index contributed by atoms with van der Waals surface area (Å²) in [5.74, 6) is 0.882. The molecular formula is C18H25N3OS2. The van der Waals surface area contributed by atoms with Gasteiger partial charge in [0.1, 0.15) is 12.4 Å². The molecule has 130 valence electrons. The van der Waals surface area contributed by atoms with Crippen molar-refractivity contribution in [2.24, 2.45) is 0 Å². The smallest absolute Gasteiger partial charge is 0.119 e. The van der Waals surface area contributed by atoms with E-state index in [4.69, 9.17) is 4.74 Å². The third-order valence-corrected chi connectivity index (χ3v) is 4.38. The van der Waals surface area contributed by atoms with Crippen molar-refractivity contribution in [2.75, 3.05) is 42.4 Å². The minimum absolute atomic E-state index is 0.681. The van der Waals surface area contributed by atoms with Gasteiger partial charge >= 0.3 is 0 Å². The average molecular weight is 364 g/mol. The molecule has 2 aromatic rings. The molecule has 0 aliphatic heterocycles. The lowest BCUT2D eigenvalue weighted by Gasteiger charge is -2.17. The first-order chi connectivity index (χ1) is 11.7. The highest BCUT2D eigenvalue weighted by molar-refractivity contribution is 7.99. The van der Waals surface area contributed by atoms with Crippen molar-refractivity contribution >= 4 is 36.1 Å². The van der Waals surface area contributed by atoms with E-state index in [1.54, 1.807) is 11.9 Å². The van der Waals surface area contributed by atoms with Gasteiger partial charge in [0.15, 0.2) is 0 Å². The van der Waals surface area contributed by atoms with Crippen LogP contribution in [0.25, 0.3) is 0 Å². The van der Waals surface area contributed by atoms with Gasteiger partial charge in [0.2, 0.25) is 0 Å². The van der Waals surface area contributed by atoms with Crippen LogP contribution in [0.4, 0.5) is 11.4 Å². The van der Waals surface area contributed by atoms with Crippen molar-refractivity contribution in [1.29, 1.82) is 0 Å². The number of nitrogens with one attached hydrogen (secondary N) is 2. The fourth-order valence-electron chi connectivity index (χ4n) is 2.23. The molecule has 0 amide bonds. The molecule has 0 fully saturated rings. The van der Waals surface area contributed by atoms with Gasteiger partial charge in [-0.25, -0.2) is 0 Å². The summed E-state index contributed by atoms with van der Waals surface area (Å²) in [4.78, 5) is 2.29. The molecule has 4 nitrogen and oxygen atoms in total. The first-order valence-electron chi connectivity index (χ1n) is 7.90. The summed E-state index contributed by atoms with van der Waals surface area (Å²) in [6, 6.07) is 16.4. The van der Waals surface area contributed by atoms with Crippen molar-refractivity contribution < 1.29 is 4.74 Å². The fourth-order valence-corrected chi connectivity index (χ4v) is 2.75. The SMILES string of the molecule is CSNc1ccc(CCN(C)CCOc2ccc(NS)cc2)cc1. The Morgan fingerprint density at radius 1 is 1.00 bits per heavy atom. The standard InChI is InChI=1S/C18H25N3OS2/c1-21(12-11-15-3-5-17(6-4-15)20-24-2)13-14-22-18-9-7-16(19-23)8-10-18/h3-10,19-20,23H,11-14H2,1-2H3. The predicted octanol–water partition coefficient (Wildman–Crippen LogP) is 4.19. The first kappa shape index (κ1) is 18.8. The summed E-state index contributed by atoms with van der Waals surface area (Å²) < 4.78 is 11.8. The van der Waals surface area contributed by atoms with Crippen molar-refractivity contribution in [3.8, 4) is 5.75 Å². The second-order valence-corrected chi connectivity index (χ2v) is 6.38. The third kappa shape index (κ3) is 6.55. The topological polar surface area (TPSA) is 36.5 Å². The van der Waals surface area contributed by atoms with Crippen LogP contribution in [0.15, 0.2) is 48.5 Å². The maximum absolute atomic E-state index is 5.77. The highest BCUT2D eigenvalue weighted by atomic mass is 32.2. The van der Waals surface area contributed by atoms with Crippen LogP contribution in [0.3, 0.4) is 0 Å². The number of thiol groups is 1. The Hall–Kier alpha value is -1.50. The van der Waals surface area contributed by atoms with Gasteiger partial charge in [-0.15, -0.1) is 0 Å². The molecule has 0 heterocycles. The summed E-state index contributed by atoms with van der Waals surface area (Å²) in [5, 5.41) is 0. The molecule has 0 saturated heterocycles. The maximum Gasteiger partial charge on any atom is 0.119 e. The van der Waals surface area contributed by atoms with E-state index in [1.165, 1.54) is 5.56 Å². The van der Waals surface area contributed by atoms with Crippen LogP contribution in [0.2, 0.25) is 0 Å². The van der Waals surface area contributed by atoms with Crippen molar-refractivity contribution in [3.05, 3.63) is 54.1 Å². The Morgan fingerprint density at radius 2 is 1.67 bits per heavy atom. The van der Waals surface area contributed by atoms with E-state index in [9.17, 15) is 0 Å². The predicted molar refractivity (Wildman–Crippen MR) is 109 cm³/mol. The second kappa shape index (κ2) is 10.4. The normalized spacial score (nSPS) is 10.7. The van der Waals surface area contributed by atoms with E-state index in [-0.39, 0.29) is 0 Å². The van der Waals surface area contributed by atoms with Gasteiger partial charge in [0, 0.05) is 30.7 Å². The molecule has 24 heavy (non-hydrogen) atoms. The van der Waals surface area contributed by atoms with Gasteiger partial charge in [-0.05, 0) is 55.4 Å². The molecule has 0 atom stereocenters. The Balaban J connectivity index is 1.66. The second-order valence-electron chi connectivity index (χ2n) is 5.54. The van der Waals surface area contributed by atoms with Gasteiger partial charge in [0.25, 0.3) is 0 Å². The van der Waals surface area contributed by atoms with Crippen LogP contribution in [0, 0.1) is 0 Å². The van der Waals surface area contributed by atoms with Crippen LogP contribution in [0.5, 0.6) is 5.75 Å². The lowest BCUT2D eigenvalue weighted by atomic mass is 10.1. The number of hydrogen-bond donors (Lipinski definition) is 3. The van der Waals surface area contributed by atoms with Crippen LogP contribution in [0.1, 0.15) is 5.56 Å². The molecule has 6 heteroatoms. The van der Waals surface area contributed by atoms with Gasteiger partial charge in [-0.1, -0.05) is 36.9 Å². The Labute approximate surface area is 154 Å². The molecule has 0 aliphatic carbocycles. The number of likely N-dealkylation sites (N-methyl/N-ethyl adjacent to an activating group) is 1. The van der Waals surface area contributed by atoms with E-state index in [2.05, 4.69) is 58.5 Å². The number of anilines is 2. The lowest BCUT2D eigenvalue weighted by Crippen LogP contribution is -2.26. The van der Waals surface area contributed by atoms with Gasteiger partial charge in [-0.3, -0.25) is 0 Å². The summed E-state index contributed by atoms with van der Waals surface area (Å²) in [7, 11) is 2.13. The number of ether oxygens (including phenoxy) is 1. The summed E-state index contributed by atoms with van der Waals surface area (Å²) in [6.07, 6.45) is 3.06. The van der Waals surface area contributed by atoms with Crippen molar-refractivity contribution in [3.63, 3.8) is 0 Å². The van der Waals surface area contributed by atoms with Crippen LogP contribution < -0.4 is 14.2 Å². The van der Waals surface area contributed by atoms with Gasteiger partial charge < -0.3 is 19.1 Å². The minimum Gasteiger partial charge on any atom is -0.492 e. The number of nitrogens with zero attached hydrogens (tertiary/aromatic N) is 1. The molecule has 0 spiro atoms. The van der Waals surface area contributed by atoms with Gasteiger partial charge in [0.05, 0.1) is 0 Å². The fraction of sp³-hybridized carbons (Fsp3) is 0.333. The Bertz CT molecular complexity index is 590. The quantitative estimate of drug-likeness (QED) is 0.436. The molecule has 0 saturated carbocycles.